The highest BCUT2D eigenvalue weighted by Gasteiger charge is 2.64. The molecule has 0 aliphatic heterocycles. The first-order valence-electron chi connectivity index (χ1n) is 10.1. The summed E-state index contributed by atoms with van der Waals surface area (Å²) in [6, 6.07) is 10.4. The Morgan fingerprint density at radius 3 is 2.57 bits per heavy atom. The molecule has 0 unspecified atom stereocenters. The predicted molar refractivity (Wildman–Crippen MR) is 114 cm³/mol. The van der Waals surface area contributed by atoms with Gasteiger partial charge in [-0.3, -0.25) is 4.98 Å². The summed E-state index contributed by atoms with van der Waals surface area (Å²) in [4.78, 5) is 7.05. The second-order valence-electron chi connectivity index (χ2n) is 9.39. The number of rotatable bonds is 6. The summed E-state index contributed by atoms with van der Waals surface area (Å²) in [7, 11) is 2.25. The first kappa shape index (κ1) is 19.8. The quantitative estimate of drug-likeness (QED) is 0.746. The second kappa shape index (κ2) is 6.51. The van der Waals surface area contributed by atoms with Gasteiger partial charge in [0, 0.05) is 30.9 Å². The van der Waals surface area contributed by atoms with Gasteiger partial charge in [-0.05, 0) is 56.0 Å². The molecule has 1 aromatic heterocycles. The van der Waals surface area contributed by atoms with Crippen LogP contribution in [0.3, 0.4) is 0 Å². The highest BCUT2D eigenvalue weighted by Crippen LogP contribution is 2.68. The average Bonchev–Trinajstić information content (AvgIpc) is 2.97. The fourth-order valence-electron chi connectivity index (χ4n) is 5.38. The van der Waals surface area contributed by atoms with Crippen molar-refractivity contribution < 1.29 is 8.42 Å². The molecule has 0 spiro atoms. The smallest absolute Gasteiger partial charge is 0.214 e. The Kier molecular flexibility index (Phi) is 4.60. The number of hydrogen-bond acceptors (Lipinski definition) is 4. The molecule has 1 saturated carbocycles. The fourth-order valence-corrected chi connectivity index (χ4v) is 7.24. The van der Waals surface area contributed by atoms with E-state index in [1.807, 2.05) is 37.2 Å². The minimum atomic E-state index is -3.38. The Morgan fingerprint density at radius 1 is 1.14 bits per heavy atom. The van der Waals surface area contributed by atoms with Crippen LogP contribution in [0.25, 0.3) is 10.9 Å². The predicted octanol–water partition coefficient (Wildman–Crippen LogP) is 3.21. The summed E-state index contributed by atoms with van der Waals surface area (Å²) in [5.41, 5.74) is 2.72. The normalized spacial score (nSPS) is 25.8. The molecule has 5 nitrogen and oxygen atoms in total. The number of hydrogen-bond donors (Lipinski definition) is 0. The standard InChI is InChI=1S/C22H31N3O2S/c1-21(2)18-10-11-22(21,15-28(26,27)25(5)13-12-24(3)4)20-17(18)14-16-8-6-7-9-19(16)23-20/h6-9,14,18H,10-13,15H2,1-5H3/t18-,22-/m1/s1. The maximum Gasteiger partial charge on any atom is 0.214 e. The van der Waals surface area contributed by atoms with Gasteiger partial charge in [-0.25, -0.2) is 12.7 Å². The molecule has 152 valence electrons. The Morgan fingerprint density at radius 2 is 1.86 bits per heavy atom. The van der Waals surface area contributed by atoms with Gasteiger partial charge in [-0.1, -0.05) is 32.0 Å². The number of fused-ring (bicyclic) bond motifs is 6. The lowest BCUT2D eigenvalue weighted by Crippen LogP contribution is -2.46. The number of sulfonamides is 1. The first-order valence-corrected chi connectivity index (χ1v) is 11.7. The molecule has 2 aliphatic rings. The Balaban J connectivity index is 1.77. The van der Waals surface area contributed by atoms with Crippen molar-refractivity contribution in [3.05, 3.63) is 41.6 Å². The van der Waals surface area contributed by atoms with Crippen LogP contribution in [0.5, 0.6) is 0 Å². The Labute approximate surface area is 168 Å². The van der Waals surface area contributed by atoms with Gasteiger partial charge in [0.2, 0.25) is 10.0 Å². The molecule has 0 amide bonds. The number of aromatic nitrogens is 1. The van der Waals surface area contributed by atoms with Crippen LogP contribution in [0, 0.1) is 5.41 Å². The van der Waals surface area contributed by atoms with Gasteiger partial charge >= 0.3 is 0 Å². The largest absolute Gasteiger partial charge is 0.308 e. The first-order chi connectivity index (χ1) is 13.1. The van der Waals surface area contributed by atoms with E-state index in [2.05, 4.69) is 26.0 Å². The topological polar surface area (TPSA) is 53.5 Å². The molecule has 1 heterocycles. The van der Waals surface area contributed by atoms with Crippen LogP contribution >= 0.6 is 0 Å². The van der Waals surface area contributed by atoms with Crippen molar-refractivity contribution in [1.29, 1.82) is 0 Å². The summed E-state index contributed by atoms with van der Waals surface area (Å²) in [5.74, 6) is 0.521. The van der Waals surface area contributed by atoms with E-state index in [1.165, 1.54) is 9.87 Å². The number of likely N-dealkylation sites (N-methyl/N-ethyl adjacent to an activating group) is 2. The Hall–Kier alpha value is -1.50. The monoisotopic (exact) mass is 401 g/mol. The third-order valence-corrected chi connectivity index (χ3v) is 9.30. The van der Waals surface area contributed by atoms with E-state index in [1.54, 1.807) is 7.05 Å². The van der Waals surface area contributed by atoms with Gasteiger partial charge in [-0.2, -0.15) is 0 Å². The molecule has 0 N–H and O–H groups in total. The molecule has 4 rings (SSSR count). The van der Waals surface area contributed by atoms with Crippen LogP contribution in [0.1, 0.15) is 43.9 Å². The number of pyridine rings is 1. The third-order valence-electron chi connectivity index (χ3n) is 7.31. The van der Waals surface area contributed by atoms with E-state index in [0.717, 1.165) is 29.4 Å². The molecule has 2 aromatic rings. The minimum Gasteiger partial charge on any atom is -0.308 e. The molecule has 2 atom stereocenters. The van der Waals surface area contributed by atoms with Crippen LogP contribution in [-0.2, 0) is 15.4 Å². The van der Waals surface area contributed by atoms with Gasteiger partial charge in [-0.15, -0.1) is 0 Å². The van der Waals surface area contributed by atoms with Crippen molar-refractivity contribution >= 4 is 20.9 Å². The fraction of sp³-hybridized carbons (Fsp3) is 0.591. The molecule has 0 radical (unpaired) electrons. The molecule has 1 fully saturated rings. The molecule has 6 heteroatoms. The van der Waals surface area contributed by atoms with E-state index in [4.69, 9.17) is 4.98 Å². The molecular weight excluding hydrogens is 370 g/mol. The summed E-state index contributed by atoms with van der Waals surface area (Å²) in [6.45, 7) is 5.71. The van der Waals surface area contributed by atoms with Crippen LogP contribution < -0.4 is 0 Å². The Bertz CT molecular complexity index is 1020. The highest BCUT2D eigenvalue weighted by molar-refractivity contribution is 7.89. The molecule has 2 bridgehead atoms. The van der Waals surface area contributed by atoms with Crippen LogP contribution in [0.2, 0.25) is 0 Å². The van der Waals surface area contributed by atoms with Crippen molar-refractivity contribution in [2.75, 3.05) is 40.0 Å². The van der Waals surface area contributed by atoms with Crippen LogP contribution in [0.15, 0.2) is 30.3 Å². The van der Waals surface area contributed by atoms with E-state index < -0.39 is 15.4 Å². The van der Waals surface area contributed by atoms with Crippen molar-refractivity contribution in [2.24, 2.45) is 5.41 Å². The minimum absolute atomic E-state index is 0.116. The molecule has 2 aliphatic carbocycles. The van der Waals surface area contributed by atoms with E-state index >= 15 is 0 Å². The lowest BCUT2D eigenvalue weighted by molar-refractivity contribution is 0.227. The van der Waals surface area contributed by atoms with Crippen molar-refractivity contribution in [3.63, 3.8) is 0 Å². The van der Waals surface area contributed by atoms with Gasteiger partial charge in [0.1, 0.15) is 0 Å². The number of para-hydroxylation sites is 1. The van der Waals surface area contributed by atoms with Gasteiger partial charge in [0.25, 0.3) is 0 Å². The third kappa shape index (κ3) is 2.80. The van der Waals surface area contributed by atoms with Crippen molar-refractivity contribution in [3.8, 4) is 0 Å². The molecule has 28 heavy (non-hydrogen) atoms. The SMILES string of the molecule is CN(C)CCN(C)S(=O)(=O)C[C@]12CC[C@H](c3cc4ccccc4nc31)C2(C)C. The average molecular weight is 402 g/mol. The number of benzene rings is 1. The molecule has 1 aromatic carbocycles. The van der Waals surface area contributed by atoms with E-state index in [-0.39, 0.29) is 11.2 Å². The summed E-state index contributed by atoms with van der Waals surface area (Å²) in [6.07, 6.45) is 1.93. The zero-order valence-corrected chi connectivity index (χ0v) is 18.4. The van der Waals surface area contributed by atoms with Crippen LogP contribution in [0.4, 0.5) is 0 Å². The summed E-state index contributed by atoms with van der Waals surface area (Å²) in [5, 5.41) is 1.14. The number of nitrogens with zero attached hydrogens (tertiary/aromatic N) is 3. The van der Waals surface area contributed by atoms with Gasteiger partial charge in [0.15, 0.2) is 0 Å². The zero-order chi connectivity index (χ0) is 20.3. The van der Waals surface area contributed by atoms with Gasteiger partial charge < -0.3 is 4.90 Å². The van der Waals surface area contributed by atoms with E-state index in [0.29, 0.717) is 19.0 Å². The molecule has 0 saturated heterocycles. The molecular formula is C22H31N3O2S. The summed E-state index contributed by atoms with van der Waals surface area (Å²) < 4.78 is 28.2. The van der Waals surface area contributed by atoms with Crippen molar-refractivity contribution in [1.82, 2.24) is 14.2 Å². The highest BCUT2D eigenvalue weighted by atomic mass is 32.2. The zero-order valence-electron chi connectivity index (χ0n) is 17.6. The maximum atomic E-state index is 13.3. The lowest BCUT2D eigenvalue weighted by Gasteiger charge is -2.39. The maximum absolute atomic E-state index is 13.3. The van der Waals surface area contributed by atoms with Crippen LogP contribution in [-0.4, -0.2) is 62.6 Å². The van der Waals surface area contributed by atoms with Crippen molar-refractivity contribution in [2.45, 2.75) is 38.0 Å². The second-order valence-corrected chi connectivity index (χ2v) is 11.5. The van der Waals surface area contributed by atoms with E-state index in [9.17, 15) is 8.42 Å². The van der Waals surface area contributed by atoms with Gasteiger partial charge in [0.05, 0.1) is 17.0 Å². The lowest BCUT2D eigenvalue weighted by atomic mass is 9.70. The summed E-state index contributed by atoms with van der Waals surface area (Å²) >= 11 is 0.